The lowest BCUT2D eigenvalue weighted by molar-refractivity contribution is -0.0918. The van der Waals surface area contributed by atoms with Crippen LogP contribution in [-0.4, -0.2) is 18.8 Å². The molecular weight excluding hydrogens is 238 g/mol. The molecule has 3 nitrogen and oxygen atoms in total. The summed E-state index contributed by atoms with van der Waals surface area (Å²) in [6.45, 7) is 2.44. The zero-order chi connectivity index (χ0) is 13.9. The molecule has 1 aromatic rings. The first-order valence-electron chi connectivity index (χ1n) is 7.13. The molecule has 1 fully saturated rings. The van der Waals surface area contributed by atoms with Gasteiger partial charge in [0.05, 0.1) is 12.7 Å². The van der Waals surface area contributed by atoms with Crippen molar-refractivity contribution in [3.63, 3.8) is 0 Å². The van der Waals surface area contributed by atoms with E-state index in [4.69, 9.17) is 10.5 Å². The summed E-state index contributed by atoms with van der Waals surface area (Å²) in [4.78, 5) is 0. The summed E-state index contributed by atoms with van der Waals surface area (Å²) in [7, 11) is 1.65. The standard InChI is InChI=1S/C16H25NO2/c1-15(18,13-6-8-14(19-2)9-7-13)16(12-17)10-4-3-5-11-16/h6-9,18H,3-5,10-12,17H2,1-2H3. The van der Waals surface area contributed by atoms with Crippen LogP contribution in [0.25, 0.3) is 0 Å². The lowest BCUT2D eigenvalue weighted by Gasteiger charge is -2.47. The van der Waals surface area contributed by atoms with Gasteiger partial charge in [-0.2, -0.15) is 0 Å². The highest BCUT2D eigenvalue weighted by Crippen LogP contribution is 2.49. The minimum absolute atomic E-state index is 0.195. The highest BCUT2D eigenvalue weighted by atomic mass is 16.5. The van der Waals surface area contributed by atoms with Crippen LogP contribution in [0.5, 0.6) is 5.75 Å². The molecule has 3 heteroatoms. The van der Waals surface area contributed by atoms with Gasteiger partial charge in [-0.05, 0) is 37.5 Å². The lowest BCUT2D eigenvalue weighted by atomic mass is 9.61. The summed E-state index contributed by atoms with van der Waals surface area (Å²) in [5, 5.41) is 11.1. The van der Waals surface area contributed by atoms with Crippen LogP contribution < -0.4 is 10.5 Å². The van der Waals surface area contributed by atoms with Crippen molar-refractivity contribution in [1.82, 2.24) is 0 Å². The van der Waals surface area contributed by atoms with Crippen molar-refractivity contribution in [1.29, 1.82) is 0 Å². The molecule has 2 rings (SSSR count). The largest absolute Gasteiger partial charge is 0.497 e. The summed E-state index contributed by atoms with van der Waals surface area (Å²) in [6.07, 6.45) is 5.57. The van der Waals surface area contributed by atoms with Gasteiger partial charge in [0.25, 0.3) is 0 Å². The molecule has 1 saturated carbocycles. The molecule has 3 N–H and O–H groups in total. The van der Waals surface area contributed by atoms with Crippen molar-refractivity contribution in [3.8, 4) is 5.75 Å². The van der Waals surface area contributed by atoms with Gasteiger partial charge in [0.1, 0.15) is 5.75 Å². The fourth-order valence-corrected chi connectivity index (χ4v) is 3.34. The van der Waals surface area contributed by atoms with Crippen molar-refractivity contribution in [2.45, 2.75) is 44.6 Å². The molecule has 0 aliphatic heterocycles. The third-order valence-electron chi connectivity index (χ3n) is 4.89. The summed E-state index contributed by atoms with van der Waals surface area (Å²) in [5.74, 6) is 0.810. The number of hydrogen-bond donors (Lipinski definition) is 2. The molecule has 0 spiro atoms. The van der Waals surface area contributed by atoms with E-state index in [0.29, 0.717) is 6.54 Å². The van der Waals surface area contributed by atoms with Gasteiger partial charge < -0.3 is 15.6 Å². The summed E-state index contributed by atoms with van der Waals surface area (Å²) >= 11 is 0. The number of benzene rings is 1. The van der Waals surface area contributed by atoms with E-state index in [-0.39, 0.29) is 5.41 Å². The quantitative estimate of drug-likeness (QED) is 0.878. The lowest BCUT2D eigenvalue weighted by Crippen LogP contribution is -2.49. The topological polar surface area (TPSA) is 55.5 Å². The predicted molar refractivity (Wildman–Crippen MR) is 77.1 cm³/mol. The molecule has 0 amide bonds. The Morgan fingerprint density at radius 1 is 1.21 bits per heavy atom. The van der Waals surface area contributed by atoms with Gasteiger partial charge in [-0.1, -0.05) is 31.4 Å². The molecule has 1 aliphatic rings. The van der Waals surface area contributed by atoms with Gasteiger partial charge in [-0.25, -0.2) is 0 Å². The van der Waals surface area contributed by atoms with E-state index < -0.39 is 5.60 Å². The van der Waals surface area contributed by atoms with E-state index in [2.05, 4.69) is 0 Å². The third kappa shape index (κ3) is 2.49. The van der Waals surface area contributed by atoms with Gasteiger partial charge in [0, 0.05) is 12.0 Å². The van der Waals surface area contributed by atoms with E-state index >= 15 is 0 Å². The average molecular weight is 263 g/mol. The Kier molecular flexibility index (Phi) is 4.16. The van der Waals surface area contributed by atoms with Crippen LogP contribution in [0.2, 0.25) is 0 Å². The second kappa shape index (κ2) is 5.51. The first kappa shape index (κ1) is 14.4. The minimum atomic E-state index is -0.881. The molecule has 1 unspecified atom stereocenters. The Balaban J connectivity index is 2.32. The Labute approximate surface area is 115 Å². The van der Waals surface area contributed by atoms with E-state index in [1.165, 1.54) is 6.42 Å². The van der Waals surface area contributed by atoms with E-state index in [0.717, 1.165) is 37.0 Å². The molecule has 0 bridgehead atoms. The molecule has 1 aliphatic carbocycles. The van der Waals surface area contributed by atoms with Crippen molar-refractivity contribution in [2.24, 2.45) is 11.1 Å². The fourth-order valence-electron chi connectivity index (χ4n) is 3.34. The first-order valence-corrected chi connectivity index (χ1v) is 7.13. The monoisotopic (exact) mass is 263 g/mol. The molecule has 1 aromatic carbocycles. The second-order valence-corrected chi connectivity index (χ2v) is 5.85. The zero-order valence-electron chi connectivity index (χ0n) is 12.0. The van der Waals surface area contributed by atoms with Crippen LogP contribution in [0.3, 0.4) is 0 Å². The summed E-state index contributed by atoms with van der Waals surface area (Å²) in [6, 6.07) is 7.70. The van der Waals surface area contributed by atoms with E-state index in [1.54, 1.807) is 7.11 Å². The predicted octanol–water partition coefficient (Wildman–Crippen LogP) is 2.81. The molecule has 19 heavy (non-hydrogen) atoms. The second-order valence-electron chi connectivity index (χ2n) is 5.85. The molecule has 0 saturated heterocycles. The van der Waals surface area contributed by atoms with Crippen LogP contribution in [0.4, 0.5) is 0 Å². The maximum atomic E-state index is 11.1. The number of nitrogens with two attached hydrogens (primary N) is 1. The van der Waals surface area contributed by atoms with Crippen molar-refractivity contribution < 1.29 is 9.84 Å². The van der Waals surface area contributed by atoms with Gasteiger partial charge in [0.15, 0.2) is 0 Å². The van der Waals surface area contributed by atoms with E-state index in [1.807, 2.05) is 31.2 Å². The molecule has 1 atom stereocenters. The van der Waals surface area contributed by atoms with Crippen LogP contribution in [0.1, 0.15) is 44.6 Å². The summed E-state index contributed by atoms with van der Waals surface area (Å²) in [5.41, 5.74) is 5.89. The third-order valence-corrected chi connectivity index (χ3v) is 4.89. The van der Waals surface area contributed by atoms with Crippen molar-refractivity contribution in [3.05, 3.63) is 29.8 Å². The number of methoxy groups -OCH3 is 1. The average Bonchev–Trinajstić information content (AvgIpc) is 2.47. The number of rotatable bonds is 4. The highest BCUT2D eigenvalue weighted by Gasteiger charge is 2.47. The SMILES string of the molecule is COc1ccc(C(C)(O)C2(CN)CCCCC2)cc1. The van der Waals surface area contributed by atoms with Crippen LogP contribution in [0.15, 0.2) is 24.3 Å². The normalized spacial score (nSPS) is 21.7. The fraction of sp³-hybridized carbons (Fsp3) is 0.625. The van der Waals surface area contributed by atoms with Crippen LogP contribution >= 0.6 is 0 Å². The van der Waals surface area contributed by atoms with Crippen LogP contribution in [0, 0.1) is 5.41 Å². The smallest absolute Gasteiger partial charge is 0.118 e. The Morgan fingerprint density at radius 2 is 1.79 bits per heavy atom. The Hall–Kier alpha value is -1.06. The van der Waals surface area contributed by atoms with Crippen molar-refractivity contribution in [2.75, 3.05) is 13.7 Å². The Bertz CT molecular complexity index is 405. The van der Waals surface area contributed by atoms with Crippen molar-refractivity contribution >= 4 is 0 Å². The Morgan fingerprint density at radius 3 is 2.26 bits per heavy atom. The van der Waals surface area contributed by atoms with Gasteiger partial charge in [0.2, 0.25) is 0 Å². The minimum Gasteiger partial charge on any atom is -0.497 e. The van der Waals surface area contributed by atoms with Gasteiger partial charge in [-0.3, -0.25) is 0 Å². The van der Waals surface area contributed by atoms with E-state index in [9.17, 15) is 5.11 Å². The highest BCUT2D eigenvalue weighted by molar-refractivity contribution is 5.32. The molecular formula is C16H25NO2. The number of aliphatic hydroxyl groups is 1. The van der Waals surface area contributed by atoms with Gasteiger partial charge in [-0.15, -0.1) is 0 Å². The molecule has 0 radical (unpaired) electrons. The zero-order valence-corrected chi connectivity index (χ0v) is 12.0. The summed E-state index contributed by atoms with van der Waals surface area (Å²) < 4.78 is 5.17. The maximum Gasteiger partial charge on any atom is 0.118 e. The van der Waals surface area contributed by atoms with Gasteiger partial charge >= 0.3 is 0 Å². The maximum absolute atomic E-state index is 11.1. The molecule has 0 heterocycles. The van der Waals surface area contributed by atoms with Crippen LogP contribution in [-0.2, 0) is 5.60 Å². The molecule has 0 aromatic heterocycles. The number of ether oxygens (including phenoxy) is 1. The molecule has 106 valence electrons. The first-order chi connectivity index (χ1) is 9.05. The number of hydrogen-bond acceptors (Lipinski definition) is 3.